The zero-order valence-electron chi connectivity index (χ0n) is 7.66. The first-order valence-electron chi connectivity index (χ1n) is 4.56. The Morgan fingerprint density at radius 3 is 1.29 bits per heavy atom. The molecule has 4 heteroatoms. The molecule has 2 N–H and O–H groups in total. The van der Waals surface area contributed by atoms with Crippen LogP contribution in [-0.4, -0.2) is 22.2 Å². The van der Waals surface area contributed by atoms with Crippen molar-refractivity contribution in [1.29, 1.82) is 0 Å². The SMILES string of the molecule is C.O=C(O)CCCCCCCC(=O)O. The summed E-state index contributed by atoms with van der Waals surface area (Å²) in [6, 6.07) is 0. The quantitative estimate of drug-likeness (QED) is 0.596. The van der Waals surface area contributed by atoms with Crippen LogP contribution >= 0.6 is 0 Å². The lowest BCUT2D eigenvalue weighted by molar-refractivity contribution is -0.138. The van der Waals surface area contributed by atoms with E-state index in [1.54, 1.807) is 0 Å². The lowest BCUT2D eigenvalue weighted by Gasteiger charge is -1.97. The monoisotopic (exact) mass is 204 g/mol. The number of hydrogen-bond donors (Lipinski definition) is 2. The van der Waals surface area contributed by atoms with Crippen molar-refractivity contribution in [1.82, 2.24) is 0 Å². The molecule has 0 atom stereocenters. The van der Waals surface area contributed by atoms with E-state index in [0.717, 1.165) is 19.3 Å². The lowest BCUT2D eigenvalue weighted by Crippen LogP contribution is -1.95. The van der Waals surface area contributed by atoms with Gasteiger partial charge in [0, 0.05) is 12.8 Å². The molecule has 14 heavy (non-hydrogen) atoms. The third-order valence-corrected chi connectivity index (χ3v) is 1.78. The van der Waals surface area contributed by atoms with E-state index in [2.05, 4.69) is 0 Å². The summed E-state index contributed by atoms with van der Waals surface area (Å²) in [7, 11) is 0. The summed E-state index contributed by atoms with van der Waals surface area (Å²) in [5, 5.41) is 16.6. The zero-order chi connectivity index (χ0) is 10.1. The van der Waals surface area contributed by atoms with Gasteiger partial charge in [0.05, 0.1) is 0 Å². The molecule has 0 unspecified atom stereocenters. The summed E-state index contributed by atoms with van der Waals surface area (Å²) >= 11 is 0. The number of carboxylic acid groups (broad SMARTS) is 2. The third-order valence-electron chi connectivity index (χ3n) is 1.78. The number of rotatable bonds is 8. The van der Waals surface area contributed by atoms with Crippen molar-refractivity contribution in [3.8, 4) is 0 Å². The zero-order valence-corrected chi connectivity index (χ0v) is 7.66. The van der Waals surface area contributed by atoms with Gasteiger partial charge in [-0.05, 0) is 12.8 Å². The molecule has 0 amide bonds. The lowest BCUT2D eigenvalue weighted by atomic mass is 10.1. The van der Waals surface area contributed by atoms with Crippen molar-refractivity contribution in [3.05, 3.63) is 0 Å². The Morgan fingerprint density at radius 2 is 1.00 bits per heavy atom. The molecule has 0 aliphatic heterocycles. The average Bonchev–Trinajstić information content (AvgIpc) is 2.01. The molecule has 0 aromatic rings. The van der Waals surface area contributed by atoms with E-state index < -0.39 is 11.9 Å². The molecule has 0 aromatic carbocycles. The van der Waals surface area contributed by atoms with Gasteiger partial charge in [0.2, 0.25) is 0 Å². The summed E-state index contributed by atoms with van der Waals surface area (Å²) in [4.78, 5) is 20.2. The first kappa shape index (κ1) is 15.4. The minimum atomic E-state index is -0.759. The standard InChI is InChI=1S/C9H16O4.CH4/c10-8(11)6-4-2-1-3-5-7-9(12)13;/h1-7H2,(H,10,11)(H,12,13);1H4. The second-order valence-electron chi connectivity index (χ2n) is 3.06. The second kappa shape index (κ2) is 10.0. The number of hydrogen-bond acceptors (Lipinski definition) is 2. The highest BCUT2D eigenvalue weighted by molar-refractivity contribution is 5.66. The molecule has 0 aliphatic rings. The highest BCUT2D eigenvalue weighted by Crippen LogP contribution is 2.06. The molecule has 0 bridgehead atoms. The van der Waals surface area contributed by atoms with E-state index >= 15 is 0 Å². The minimum absolute atomic E-state index is 0. The van der Waals surface area contributed by atoms with E-state index in [-0.39, 0.29) is 20.3 Å². The molecule has 0 rings (SSSR count). The Kier molecular flexibility index (Phi) is 11.0. The second-order valence-corrected chi connectivity index (χ2v) is 3.06. The van der Waals surface area contributed by atoms with Crippen molar-refractivity contribution < 1.29 is 19.8 Å². The maximum absolute atomic E-state index is 10.1. The molecule has 0 saturated carbocycles. The van der Waals surface area contributed by atoms with Crippen LogP contribution in [0.5, 0.6) is 0 Å². The van der Waals surface area contributed by atoms with Crippen LogP contribution in [0, 0.1) is 0 Å². The van der Waals surface area contributed by atoms with Crippen molar-refractivity contribution in [3.63, 3.8) is 0 Å². The normalized spacial score (nSPS) is 9.14. The Bertz CT molecular complexity index is 148. The Morgan fingerprint density at radius 1 is 0.714 bits per heavy atom. The van der Waals surface area contributed by atoms with E-state index in [0.29, 0.717) is 12.8 Å². The highest BCUT2D eigenvalue weighted by atomic mass is 16.4. The van der Waals surface area contributed by atoms with Crippen LogP contribution in [0.25, 0.3) is 0 Å². The summed E-state index contributed by atoms with van der Waals surface area (Å²) in [6.45, 7) is 0. The topological polar surface area (TPSA) is 74.6 Å². The van der Waals surface area contributed by atoms with Gasteiger partial charge >= 0.3 is 11.9 Å². The first-order valence-corrected chi connectivity index (χ1v) is 4.56. The van der Waals surface area contributed by atoms with E-state index in [4.69, 9.17) is 10.2 Å². The number of carboxylic acids is 2. The van der Waals surface area contributed by atoms with Gasteiger partial charge in [0.1, 0.15) is 0 Å². The van der Waals surface area contributed by atoms with Crippen LogP contribution in [0.2, 0.25) is 0 Å². The van der Waals surface area contributed by atoms with Crippen molar-refractivity contribution in [2.45, 2.75) is 52.4 Å². The maximum Gasteiger partial charge on any atom is 0.303 e. The van der Waals surface area contributed by atoms with Gasteiger partial charge in [-0.1, -0.05) is 26.7 Å². The van der Waals surface area contributed by atoms with Gasteiger partial charge in [-0.2, -0.15) is 0 Å². The molecule has 0 heterocycles. The molecule has 0 spiro atoms. The molecule has 84 valence electrons. The molecule has 0 saturated heterocycles. The summed E-state index contributed by atoms with van der Waals surface area (Å²) < 4.78 is 0. The predicted molar refractivity (Wildman–Crippen MR) is 54.3 cm³/mol. The van der Waals surface area contributed by atoms with Gasteiger partial charge in [-0.3, -0.25) is 9.59 Å². The molecule has 4 nitrogen and oxygen atoms in total. The van der Waals surface area contributed by atoms with Crippen LogP contribution in [-0.2, 0) is 9.59 Å². The fourth-order valence-electron chi connectivity index (χ4n) is 1.08. The Balaban J connectivity index is 0. The minimum Gasteiger partial charge on any atom is -0.481 e. The smallest absolute Gasteiger partial charge is 0.303 e. The van der Waals surface area contributed by atoms with Crippen LogP contribution in [0.15, 0.2) is 0 Å². The van der Waals surface area contributed by atoms with E-state index in [1.807, 2.05) is 0 Å². The number of carbonyl (C=O) groups is 2. The fourth-order valence-corrected chi connectivity index (χ4v) is 1.08. The van der Waals surface area contributed by atoms with Crippen LogP contribution < -0.4 is 0 Å². The first-order chi connectivity index (χ1) is 6.13. The van der Waals surface area contributed by atoms with Gasteiger partial charge in [0.15, 0.2) is 0 Å². The van der Waals surface area contributed by atoms with Crippen LogP contribution in [0.3, 0.4) is 0 Å². The summed E-state index contributed by atoms with van der Waals surface area (Å²) in [5.74, 6) is -1.52. The van der Waals surface area contributed by atoms with Gasteiger partial charge in [-0.15, -0.1) is 0 Å². The van der Waals surface area contributed by atoms with Crippen molar-refractivity contribution >= 4 is 11.9 Å². The molecular weight excluding hydrogens is 184 g/mol. The average molecular weight is 204 g/mol. The van der Waals surface area contributed by atoms with Gasteiger partial charge < -0.3 is 10.2 Å². The maximum atomic E-state index is 10.1. The van der Waals surface area contributed by atoms with E-state index in [1.165, 1.54) is 0 Å². The van der Waals surface area contributed by atoms with E-state index in [9.17, 15) is 9.59 Å². The Labute approximate surface area is 84.9 Å². The summed E-state index contributed by atoms with van der Waals surface area (Å²) in [6.07, 6.45) is 4.53. The van der Waals surface area contributed by atoms with Crippen LogP contribution in [0.1, 0.15) is 52.4 Å². The molecule has 0 fully saturated rings. The molecule has 0 radical (unpaired) electrons. The molecule has 0 aromatic heterocycles. The fraction of sp³-hybridized carbons (Fsp3) is 0.800. The number of aliphatic carboxylic acids is 2. The number of unbranched alkanes of at least 4 members (excludes halogenated alkanes) is 4. The largest absolute Gasteiger partial charge is 0.481 e. The predicted octanol–water partition coefficient (Wildman–Crippen LogP) is 2.52. The highest BCUT2D eigenvalue weighted by Gasteiger charge is 1.98. The van der Waals surface area contributed by atoms with Crippen molar-refractivity contribution in [2.24, 2.45) is 0 Å². The van der Waals surface area contributed by atoms with Gasteiger partial charge in [0.25, 0.3) is 0 Å². The molecule has 0 aliphatic carbocycles. The van der Waals surface area contributed by atoms with Crippen LogP contribution in [0.4, 0.5) is 0 Å². The Hall–Kier alpha value is -1.06. The third kappa shape index (κ3) is 13.5. The van der Waals surface area contributed by atoms with Crippen molar-refractivity contribution in [2.75, 3.05) is 0 Å². The summed E-state index contributed by atoms with van der Waals surface area (Å²) in [5.41, 5.74) is 0. The van der Waals surface area contributed by atoms with Gasteiger partial charge in [-0.25, -0.2) is 0 Å². The molecular formula is C10H20O4.